The Morgan fingerprint density at radius 2 is 2.10 bits per heavy atom. The summed E-state index contributed by atoms with van der Waals surface area (Å²) in [4.78, 5) is 8.94. The summed E-state index contributed by atoms with van der Waals surface area (Å²) in [6, 6.07) is 2.36. The summed E-state index contributed by atoms with van der Waals surface area (Å²) in [5, 5.41) is 7.71. The minimum Gasteiger partial charge on any atom is -0.308 e. The molecular formula is C15H23N5. The highest BCUT2D eigenvalue weighted by Gasteiger charge is 2.17. The van der Waals surface area contributed by atoms with Gasteiger partial charge in [0.25, 0.3) is 0 Å². The third-order valence-electron chi connectivity index (χ3n) is 3.42. The van der Waals surface area contributed by atoms with Crippen molar-refractivity contribution in [3.05, 3.63) is 41.2 Å². The van der Waals surface area contributed by atoms with Gasteiger partial charge in [0.15, 0.2) is 0 Å². The molecule has 1 N–H and O–H groups in total. The second-order valence-electron chi connectivity index (χ2n) is 5.23. The van der Waals surface area contributed by atoms with Gasteiger partial charge >= 0.3 is 0 Å². The monoisotopic (exact) mass is 273 g/mol. The first-order chi connectivity index (χ1) is 9.61. The van der Waals surface area contributed by atoms with Gasteiger partial charge < -0.3 is 5.32 Å². The fraction of sp³-hybridized carbons (Fsp3) is 0.533. The van der Waals surface area contributed by atoms with Gasteiger partial charge in [-0.1, -0.05) is 13.0 Å². The highest BCUT2D eigenvalue weighted by Crippen LogP contribution is 2.19. The molecule has 2 rings (SSSR count). The van der Waals surface area contributed by atoms with Crippen LogP contribution < -0.4 is 5.32 Å². The van der Waals surface area contributed by atoms with Crippen LogP contribution in [0.15, 0.2) is 18.6 Å². The number of nitrogens with zero attached hydrogens (tertiary/aromatic N) is 4. The van der Waals surface area contributed by atoms with Crippen LogP contribution in [-0.4, -0.2) is 26.3 Å². The quantitative estimate of drug-likeness (QED) is 0.876. The van der Waals surface area contributed by atoms with Gasteiger partial charge in [0.1, 0.15) is 12.2 Å². The lowest BCUT2D eigenvalue weighted by atomic mass is 10.0. The number of aryl methyl sites for hydroxylation is 3. The zero-order valence-corrected chi connectivity index (χ0v) is 12.7. The molecule has 20 heavy (non-hydrogen) atoms. The van der Waals surface area contributed by atoms with E-state index in [4.69, 9.17) is 0 Å². The Hall–Kier alpha value is -1.75. The first kappa shape index (κ1) is 14.7. The molecule has 2 aromatic heterocycles. The van der Waals surface area contributed by atoms with Crippen LogP contribution in [0.2, 0.25) is 0 Å². The van der Waals surface area contributed by atoms with Crippen LogP contribution in [0.1, 0.15) is 42.0 Å². The van der Waals surface area contributed by atoms with E-state index in [-0.39, 0.29) is 6.04 Å². The van der Waals surface area contributed by atoms with Crippen molar-refractivity contribution < 1.29 is 0 Å². The third-order valence-corrected chi connectivity index (χ3v) is 3.42. The second kappa shape index (κ2) is 6.61. The topological polar surface area (TPSA) is 55.6 Å². The molecule has 0 radical (unpaired) electrons. The molecule has 0 aliphatic rings. The summed E-state index contributed by atoms with van der Waals surface area (Å²) in [7, 11) is 1.93. The molecule has 108 valence electrons. The number of hydrogen-bond acceptors (Lipinski definition) is 4. The van der Waals surface area contributed by atoms with E-state index in [2.05, 4.69) is 47.2 Å². The van der Waals surface area contributed by atoms with Crippen LogP contribution >= 0.6 is 0 Å². The lowest BCUT2D eigenvalue weighted by Crippen LogP contribution is -2.27. The first-order valence-corrected chi connectivity index (χ1v) is 7.11. The van der Waals surface area contributed by atoms with E-state index in [0.717, 1.165) is 30.9 Å². The zero-order valence-electron chi connectivity index (χ0n) is 12.7. The number of rotatable bonds is 6. The van der Waals surface area contributed by atoms with E-state index in [1.807, 2.05) is 17.9 Å². The molecule has 0 saturated carbocycles. The van der Waals surface area contributed by atoms with Gasteiger partial charge in [-0.2, -0.15) is 5.10 Å². The van der Waals surface area contributed by atoms with Crippen LogP contribution in [-0.2, 0) is 13.5 Å². The summed E-state index contributed by atoms with van der Waals surface area (Å²) >= 11 is 0. The average Bonchev–Trinajstić information content (AvgIpc) is 2.80. The molecule has 0 spiro atoms. The second-order valence-corrected chi connectivity index (χ2v) is 5.23. The largest absolute Gasteiger partial charge is 0.308 e. The number of aromatic nitrogens is 4. The van der Waals surface area contributed by atoms with Crippen molar-refractivity contribution >= 4 is 0 Å². The summed E-state index contributed by atoms with van der Waals surface area (Å²) in [6.07, 6.45) is 5.43. The van der Waals surface area contributed by atoms with Gasteiger partial charge in [0.2, 0.25) is 0 Å². The van der Waals surface area contributed by atoms with Crippen LogP contribution in [0.3, 0.4) is 0 Å². The van der Waals surface area contributed by atoms with E-state index in [9.17, 15) is 0 Å². The maximum Gasteiger partial charge on any atom is 0.138 e. The normalized spacial score (nSPS) is 12.6. The van der Waals surface area contributed by atoms with Gasteiger partial charge in [-0.05, 0) is 37.9 Å². The SMILES string of the molecule is CCCNC(Cc1ncnn1C)c1ncc(C)cc1C. The van der Waals surface area contributed by atoms with Crippen molar-refractivity contribution in [1.29, 1.82) is 0 Å². The molecule has 1 unspecified atom stereocenters. The highest BCUT2D eigenvalue weighted by molar-refractivity contribution is 5.26. The van der Waals surface area contributed by atoms with Crippen LogP contribution in [0.5, 0.6) is 0 Å². The smallest absolute Gasteiger partial charge is 0.138 e. The van der Waals surface area contributed by atoms with Gasteiger partial charge in [-0.3, -0.25) is 9.67 Å². The van der Waals surface area contributed by atoms with E-state index >= 15 is 0 Å². The molecule has 5 heteroatoms. The Morgan fingerprint density at radius 1 is 1.30 bits per heavy atom. The molecule has 0 bridgehead atoms. The van der Waals surface area contributed by atoms with E-state index < -0.39 is 0 Å². The third kappa shape index (κ3) is 3.42. The minimum absolute atomic E-state index is 0.179. The van der Waals surface area contributed by atoms with E-state index in [1.165, 1.54) is 11.1 Å². The number of pyridine rings is 1. The number of nitrogens with one attached hydrogen (secondary N) is 1. The van der Waals surface area contributed by atoms with Crippen LogP contribution in [0, 0.1) is 13.8 Å². The Balaban J connectivity index is 2.24. The molecule has 2 aromatic rings. The van der Waals surface area contributed by atoms with E-state index in [1.54, 1.807) is 6.33 Å². The molecule has 1 atom stereocenters. The molecule has 5 nitrogen and oxygen atoms in total. The van der Waals surface area contributed by atoms with Crippen molar-refractivity contribution in [2.45, 2.75) is 39.7 Å². The molecule has 0 amide bonds. The molecule has 0 aliphatic heterocycles. The molecule has 0 saturated heterocycles. The Bertz CT molecular complexity index is 561. The molecule has 0 aliphatic carbocycles. The van der Waals surface area contributed by atoms with Crippen molar-refractivity contribution in [3.63, 3.8) is 0 Å². The lowest BCUT2D eigenvalue weighted by molar-refractivity contribution is 0.494. The lowest BCUT2D eigenvalue weighted by Gasteiger charge is -2.19. The van der Waals surface area contributed by atoms with Gasteiger partial charge in [0.05, 0.1) is 11.7 Å². The summed E-state index contributed by atoms with van der Waals surface area (Å²) in [5.41, 5.74) is 3.52. The molecule has 0 fully saturated rings. The number of hydrogen-bond donors (Lipinski definition) is 1. The van der Waals surface area contributed by atoms with Crippen LogP contribution in [0.4, 0.5) is 0 Å². The summed E-state index contributed by atoms with van der Waals surface area (Å²) in [5.74, 6) is 0.973. The predicted octanol–water partition coefficient (Wildman–Crippen LogP) is 2.11. The molecule has 2 heterocycles. The minimum atomic E-state index is 0.179. The Labute approximate surface area is 120 Å². The fourth-order valence-electron chi connectivity index (χ4n) is 2.36. The standard InChI is InChI=1S/C15H23N5/c1-5-6-16-13(8-14-18-10-19-20(14)4)15-12(3)7-11(2)9-17-15/h7,9-10,13,16H,5-6,8H2,1-4H3. The van der Waals surface area contributed by atoms with Crippen LogP contribution in [0.25, 0.3) is 0 Å². The predicted molar refractivity (Wildman–Crippen MR) is 79.5 cm³/mol. The Kier molecular flexibility index (Phi) is 4.84. The van der Waals surface area contributed by atoms with Crippen molar-refractivity contribution in [2.24, 2.45) is 7.05 Å². The fourth-order valence-corrected chi connectivity index (χ4v) is 2.36. The van der Waals surface area contributed by atoms with E-state index in [0.29, 0.717) is 0 Å². The maximum atomic E-state index is 4.62. The summed E-state index contributed by atoms with van der Waals surface area (Å²) in [6.45, 7) is 7.33. The molecular weight excluding hydrogens is 250 g/mol. The average molecular weight is 273 g/mol. The van der Waals surface area contributed by atoms with Crippen molar-refractivity contribution in [1.82, 2.24) is 25.1 Å². The van der Waals surface area contributed by atoms with Gasteiger partial charge in [-0.15, -0.1) is 0 Å². The highest BCUT2D eigenvalue weighted by atomic mass is 15.3. The van der Waals surface area contributed by atoms with Gasteiger partial charge in [-0.25, -0.2) is 4.98 Å². The maximum absolute atomic E-state index is 4.62. The zero-order chi connectivity index (χ0) is 14.5. The Morgan fingerprint density at radius 3 is 2.70 bits per heavy atom. The van der Waals surface area contributed by atoms with Crippen molar-refractivity contribution in [3.8, 4) is 0 Å². The summed E-state index contributed by atoms with van der Waals surface area (Å²) < 4.78 is 1.82. The first-order valence-electron chi connectivity index (χ1n) is 7.11. The van der Waals surface area contributed by atoms with Crippen molar-refractivity contribution in [2.75, 3.05) is 6.54 Å². The van der Waals surface area contributed by atoms with Gasteiger partial charge in [0, 0.05) is 19.7 Å². The molecule has 0 aromatic carbocycles.